The summed E-state index contributed by atoms with van der Waals surface area (Å²) in [6, 6.07) is 4.41. The van der Waals surface area contributed by atoms with Crippen molar-refractivity contribution in [3.8, 4) is 11.5 Å². The molecule has 0 aromatic heterocycles. The van der Waals surface area contributed by atoms with E-state index in [-0.39, 0.29) is 17.5 Å². The lowest BCUT2D eigenvalue weighted by Crippen LogP contribution is -2.02. The second-order valence-corrected chi connectivity index (χ2v) is 9.26. The fourth-order valence-corrected chi connectivity index (χ4v) is 4.03. The zero-order valence-corrected chi connectivity index (χ0v) is 21.0. The predicted molar refractivity (Wildman–Crippen MR) is 139 cm³/mol. The van der Waals surface area contributed by atoms with Gasteiger partial charge in [0, 0.05) is 6.08 Å². The van der Waals surface area contributed by atoms with E-state index >= 15 is 0 Å². The van der Waals surface area contributed by atoms with Crippen molar-refractivity contribution in [1.82, 2.24) is 0 Å². The van der Waals surface area contributed by atoms with E-state index in [0.29, 0.717) is 12.2 Å². The number of hydrogen-bond donors (Lipinski definition) is 2. The van der Waals surface area contributed by atoms with E-state index < -0.39 is 0 Å². The lowest BCUT2D eigenvalue weighted by atomic mass is 10.0. The Labute approximate surface area is 202 Å². The second-order valence-electron chi connectivity index (χ2n) is 9.26. The molecule has 0 aliphatic heterocycles. The number of hydrogen-bond acceptors (Lipinski definition) is 4. The van der Waals surface area contributed by atoms with Gasteiger partial charge in [-0.25, -0.2) is 4.79 Å². The Morgan fingerprint density at radius 1 is 0.697 bits per heavy atom. The predicted octanol–water partition coefficient (Wildman–Crippen LogP) is 8.70. The number of phenolic OH excluding ortho intramolecular Hbond substituents is 2. The first-order valence-electron chi connectivity index (χ1n) is 13.5. The first kappa shape index (κ1) is 29.1. The van der Waals surface area contributed by atoms with Crippen molar-refractivity contribution in [2.24, 2.45) is 0 Å². The normalized spacial score (nSPS) is 11.3. The first-order chi connectivity index (χ1) is 16.1. The third-order valence-corrected chi connectivity index (χ3v) is 6.15. The molecule has 1 aromatic carbocycles. The van der Waals surface area contributed by atoms with Crippen LogP contribution in [0.1, 0.15) is 128 Å². The van der Waals surface area contributed by atoms with Gasteiger partial charge in [0.25, 0.3) is 0 Å². The van der Waals surface area contributed by atoms with Crippen molar-refractivity contribution in [2.75, 3.05) is 6.61 Å². The van der Waals surface area contributed by atoms with Gasteiger partial charge in [0.1, 0.15) is 0 Å². The molecule has 0 aliphatic rings. The van der Waals surface area contributed by atoms with Gasteiger partial charge in [0.15, 0.2) is 11.5 Å². The third-order valence-electron chi connectivity index (χ3n) is 6.15. The number of carbonyl (C=O) groups excluding carboxylic acids is 1. The highest BCUT2D eigenvalue weighted by atomic mass is 16.5. The average Bonchev–Trinajstić information content (AvgIpc) is 2.81. The molecule has 0 unspecified atom stereocenters. The molecular weight excluding hydrogens is 412 g/mol. The smallest absolute Gasteiger partial charge is 0.330 e. The molecule has 188 valence electrons. The number of rotatable bonds is 21. The molecule has 4 heteroatoms. The van der Waals surface area contributed by atoms with Crippen LogP contribution in [0.4, 0.5) is 0 Å². The Hall–Kier alpha value is -1.97. The van der Waals surface area contributed by atoms with E-state index in [1.54, 1.807) is 12.1 Å². The molecular formula is C29H48O4. The largest absolute Gasteiger partial charge is 0.504 e. The van der Waals surface area contributed by atoms with Crippen LogP contribution < -0.4 is 0 Å². The molecule has 0 saturated carbocycles. The highest BCUT2D eigenvalue weighted by Gasteiger charge is 2.01. The molecule has 0 bridgehead atoms. The quantitative estimate of drug-likeness (QED) is 0.0833. The van der Waals surface area contributed by atoms with Gasteiger partial charge in [-0.05, 0) is 30.2 Å². The van der Waals surface area contributed by atoms with Gasteiger partial charge in [-0.2, -0.15) is 0 Å². The van der Waals surface area contributed by atoms with Crippen molar-refractivity contribution in [3.63, 3.8) is 0 Å². The Morgan fingerprint density at radius 3 is 1.61 bits per heavy atom. The monoisotopic (exact) mass is 460 g/mol. The molecule has 0 saturated heterocycles. The second kappa shape index (κ2) is 20.6. The summed E-state index contributed by atoms with van der Waals surface area (Å²) in [5, 5.41) is 18.7. The summed E-state index contributed by atoms with van der Waals surface area (Å²) >= 11 is 0. The van der Waals surface area contributed by atoms with Crippen LogP contribution in [-0.4, -0.2) is 22.8 Å². The number of phenols is 2. The Bertz CT molecular complexity index is 639. The van der Waals surface area contributed by atoms with Crippen LogP contribution in [0.5, 0.6) is 11.5 Å². The summed E-state index contributed by atoms with van der Waals surface area (Å²) in [5.74, 6) is -0.761. The Balaban J connectivity index is 1.82. The van der Waals surface area contributed by atoms with E-state index in [9.17, 15) is 15.0 Å². The van der Waals surface area contributed by atoms with Crippen molar-refractivity contribution >= 4 is 12.0 Å². The van der Waals surface area contributed by atoms with Crippen LogP contribution in [-0.2, 0) is 9.53 Å². The van der Waals surface area contributed by atoms with Gasteiger partial charge < -0.3 is 14.9 Å². The zero-order valence-electron chi connectivity index (χ0n) is 21.0. The Morgan fingerprint density at radius 2 is 1.15 bits per heavy atom. The molecule has 0 atom stereocenters. The van der Waals surface area contributed by atoms with Crippen molar-refractivity contribution < 1.29 is 19.7 Å². The molecule has 0 fully saturated rings. The van der Waals surface area contributed by atoms with Crippen molar-refractivity contribution in [3.05, 3.63) is 29.8 Å². The summed E-state index contributed by atoms with van der Waals surface area (Å²) in [4.78, 5) is 11.7. The third kappa shape index (κ3) is 17.2. The molecule has 2 N–H and O–H groups in total. The van der Waals surface area contributed by atoms with Gasteiger partial charge in [0.05, 0.1) is 6.61 Å². The summed E-state index contributed by atoms with van der Waals surface area (Å²) in [7, 11) is 0. The SMILES string of the molecule is CCCCCCCCCCCCCCCCCCCCOC(=O)C=Cc1ccc(O)c(O)c1. The Kier molecular flexibility index (Phi) is 18.2. The lowest BCUT2D eigenvalue weighted by molar-refractivity contribution is -0.137. The molecule has 0 aliphatic carbocycles. The number of benzene rings is 1. The number of ether oxygens (including phenoxy) is 1. The number of aromatic hydroxyl groups is 2. The van der Waals surface area contributed by atoms with Gasteiger partial charge in [-0.15, -0.1) is 0 Å². The van der Waals surface area contributed by atoms with Crippen LogP contribution in [0.3, 0.4) is 0 Å². The van der Waals surface area contributed by atoms with Gasteiger partial charge in [-0.1, -0.05) is 122 Å². The fraction of sp³-hybridized carbons (Fsp3) is 0.690. The number of carbonyl (C=O) groups is 1. The minimum absolute atomic E-state index is 0.177. The van der Waals surface area contributed by atoms with Crippen LogP contribution in [0.25, 0.3) is 6.08 Å². The van der Waals surface area contributed by atoms with Crippen LogP contribution in [0, 0.1) is 0 Å². The molecule has 0 amide bonds. The highest BCUT2D eigenvalue weighted by molar-refractivity contribution is 5.87. The zero-order chi connectivity index (χ0) is 24.0. The first-order valence-corrected chi connectivity index (χ1v) is 13.5. The van der Waals surface area contributed by atoms with Crippen LogP contribution >= 0.6 is 0 Å². The summed E-state index contributed by atoms with van der Waals surface area (Å²) in [5.41, 5.74) is 0.635. The maximum atomic E-state index is 11.7. The van der Waals surface area contributed by atoms with E-state index in [2.05, 4.69) is 6.92 Å². The number of unbranched alkanes of at least 4 members (excludes halogenated alkanes) is 17. The van der Waals surface area contributed by atoms with Gasteiger partial charge in [-0.3, -0.25) is 0 Å². The standard InChI is InChI=1S/C29H48O4/c1-2-3-4-5-6-7-8-9-10-11-12-13-14-15-16-17-18-19-24-33-29(32)23-21-26-20-22-27(30)28(31)25-26/h20-23,25,30-31H,2-19,24H2,1H3. The summed E-state index contributed by atoms with van der Waals surface area (Å²) in [6.07, 6.45) is 27.0. The minimum Gasteiger partial charge on any atom is -0.504 e. The average molecular weight is 461 g/mol. The fourth-order valence-electron chi connectivity index (χ4n) is 4.03. The maximum absolute atomic E-state index is 11.7. The van der Waals surface area contributed by atoms with Crippen LogP contribution in [0.15, 0.2) is 24.3 Å². The maximum Gasteiger partial charge on any atom is 0.330 e. The molecule has 4 nitrogen and oxygen atoms in total. The molecule has 1 rings (SSSR count). The molecule has 0 heterocycles. The molecule has 1 aromatic rings. The summed E-state index contributed by atoms with van der Waals surface area (Å²) < 4.78 is 5.21. The van der Waals surface area contributed by atoms with E-state index in [4.69, 9.17) is 4.74 Å². The summed E-state index contributed by atoms with van der Waals surface area (Å²) in [6.45, 7) is 2.72. The molecule has 0 spiro atoms. The molecule has 33 heavy (non-hydrogen) atoms. The highest BCUT2D eigenvalue weighted by Crippen LogP contribution is 2.25. The van der Waals surface area contributed by atoms with E-state index in [1.807, 2.05) is 0 Å². The van der Waals surface area contributed by atoms with Gasteiger partial charge in [0.2, 0.25) is 0 Å². The lowest BCUT2D eigenvalue weighted by Gasteiger charge is -2.04. The van der Waals surface area contributed by atoms with E-state index in [0.717, 1.165) is 12.8 Å². The van der Waals surface area contributed by atoms with Gasteiger partial charge >= 0.3 is 5.97 Å². The topological polar surface area (TPSA) is 66.8 Å². The van der Waals surface area contributed by atoms with Crippen LogP contribution in [0.2, 0.25) is 0 Å². The number of esters is 1. The van der Waals surface area contributed by atoms with Crippen molar-refractivity contribution in [1.29, 1.82) is 0 Å². The molecule has 0 radical (unpaired) electrons. The minimum atomic E-state index is -0.380. The van der Waals surface area contributed by atoms with E-state index in [1.165, 1.54) is 121 Å². The van der Waals surface area contributed by atoms with Crippen molar-refractivity contribution in [2.45, 2.75) is 122 Å².